The van der Waals surface area contributed by atoms with Gasteiger partial charge in [0, 0.05) is 25.0 Å². The van der Waals surface area contributed by atoms with Crippen molar-refractivity contribution in [3.05, 3.63) is 28.7 Å². The summed E-state index contributed by atoms with van der Waals surface area (Å²) in [6.07, 6.45) is 1.92. The number of rotatable bonds is 6. The van der Waals surface area contributed by atoms with E-state index in [0.29, 0.717) is 6.54 Å². The summed E-state index contributed by atoms with van der Waals surface area (Å²) in [5.74, 6) is 0. The summed E-state index contributed by atoms with van der Waals surface area (Å²) in [5.41, 5.74) is 6.61. The number of hydrogen-bond acceptors (Lipinski definition) is 4. The first-order valence-electron chi connectivity index (χ1n) is 4.76. The standard InChI is InChI=1S/C10H17N3S/c1-3-5-13(4-2)7-9-8-14-10(6-11)12-9/h3,8H,1,4-7,11H2,2H3. The van der Waals surface area contributed by atoms with E-state index in [1.165, 1.54) is 0 Å². The molecule has 0 unspecified atom stereocenters. The molecule has 3 nitrogen and oxygen atoms in total. The molecule has 0 amide bonds. The van der Waals surface area contributed by atoms with Crippen molar-refractivity contribution in [2.75, 3.05) is 13.1 Å². The van der Waals surface area contributed by atoms with Gasteiger partial charge in [0.2, 0.25) is 0 Å². The highest BCUT2D eigenvalue weighted by Gasteiger charge is 2.05. The molecule has 14 heavy (non-hydrogen) atoms. The predicted molar refractivity (Wildman–Crippen MR) is 61.2 cm³/mol. The fourth-order valence-corrected chi connectivity index (χ4v) is 1.90. The molecule has 0 aliphatic rings. The Balaban J connectivity index is 2.52. The SMILES string of the molecule is C=CCN(CC)Cc1csc(CN)n1. The largest absolute Gasteiger partial charge is 0.325 e. The predicted octanol–water partition coefficient (Wildman–Crippen LogP) is 1.61. The van der Waals surface area contributed by atoms with Gasteiger partial charge in [-0.1, -0.05) is 13.0 Å². The molecule has 0 saturated heterocycles. The minimum atomic E-state index is 0.540. The first-order valence-corrected chi connectivity index (χ1v) is 5.64. The van der Waals surface area contributed by atoms with Crippen LogP contribution in [0.25, 0.3) is 0 Å². The molecule has 0 atom stereocenters. The van der Waals surface area contributed by atoms with Crippen LogP contribution in [0, 0.1) is 0 Å². The number of aromatic nitrogens is 1. The Hall–Kier alpha value is -0.710. The van der Waals surface area contributed by atoms with Gasteiger partial charge in [-0.3, -0.25) is 4.90 Å². The molecular formula is C10H17N3S. The van der Waals surface area contributed by atoms with Crippen LogP contribution in [0.3, 0.4) is 0 Å². The van der Waals surface area contributed by atoms with Gasteiger partial charge in [-0.2, -0.15) is 0 Å². The van der Waals surface area contributed by atoms with Crippen molar-refractivity contribution in [3.8, 4) is 0 Å². The first kappa shape index (κ1) is 11.4. The molecule has 0 aromatic carbocycles. The molecule has 1 aromatic rings. The minimum absolute atomic E-state index is 0.540. The zero-order valence-electron chi connectivity index (χ0n) is 8.57. The number of likely N-dealkylation sites (N-methyl/N-ethyl adjacent to an activating group) is 1. The zero-order chi connectivity index (χ0) is 10.4. The van der Waals surface area contributed by atoms with Crippen molar-refractivity contribution in [2.24, 2.45) is 5.73 Å². The van der Waals surface area contributed by atoms with Crippen LogP contribution in [0.4, 0.5) is 0 Å². The Morgan fingerprint density at radius 2 is 2.50 bits per heavy atom. The van der Waals surface area contributed by atoms with E-state index in [1.807, 2.05) is 6.08 Å². The van der Waals surface area contributed by atoms with E-state index in [4.69, 9.17) is 5.73 Å². The molecule has 0 spiro atoms. The van der Waals surface area contributed by atoms with Crippen molar-refractivity contribution in [1.29, 1.82) is 0 Å². The molecule has 0 radical (unpaired) electrons. The summed E-state index contributed by atoms with van der Waals surface area (Å²) in [7, 11) is 0. The van der Waals surface area contributed by atoms with Crippen molar-refractivity contribution < 1.29 is 0 Å². The number of thiazole rings is 1. The molecule has 1 heterocycles. The summed E-state index contributed by atoms with van der Waals surface area (Å²) in [6, 6.07) is 0. The van der Waals surface area contributed by atoms with Gasteiger partial charge < -0.3 is 5.73 Å². The molecule has 0 bridgehead atoms. The quantitative estimate of drug-likeness (QED) is 0.727. The van der Waals surface area contributed by atoms with E-state index in [9.17, 15) is 0 Å². The van der Waals surface area contributed by atoms with Crippen LogP contribution in [0.5, 0.6) is 0 Å². The number of nitrogens with two attached hydrogens (primary N) is 1. The number of hydrogen-bond donors (Lipinski definition) is 1. The lowest BCUT2D eigenvalue weighted by molar-refractivity contribution is 0.308. The number of nitrogens with zero attached hydrogens (tertiary/aromatic N) is 2. The average Bonchev–Trinajstić information content (AvgIpc) is 2.65. The lowest BCUT2D eigenvalue weighted by atomic mass is 10.4. The van der Waals surface area contributed by atoms with Gasteiger partial charge in [-0.25, -0.2) is 4.98 Å². The summed E-state index contributed by atoms with van der Waals surface area (Å²) in [4.78, 5) is 6.70. The Labute approximate surface area is 89.3 Å². The second-order valence-corrected chi connectivity index (χ2v) is 4.00. The van der Waals surface area contributed by atoms with Gasteiger partial charge in [0.05, 0.1) is 5.69 Å². The van der Waals surface area contributed by atoms with Crippen LogP contribution in [0.15, 0.2) is 18.0 Å². The van der Waals surface area contributed by atoms with Crippen molar-refractivity contribution in [1.82, 2.24) is 9.88 Å². The van der Waals surface area contributed by atoms with E-state index < -0.39 is 0 Å². The Morgan fingerprint density at radius 1 is 1.71 bits per heavy atom. The molecule has 4 heteroatoms. The van der Waals surface area contributed by atoms with Gasteiger partial charge in [-0.05, 0) is 6.54 Å². The third-order valence-electron chi connectivity index (χ3n) is 1.99. The summed E-state index contributed by atoms with van der Waals surface area (Å²) >= 11 is 1.63. The molecule has 2 N–H and O–H groups in total. The maximum absolute atomic E-state index is 5.50. The van der Waals surface area contributed by atoms with Crippen LogP contribution in [-0.2, 0) is 13.1 Å². The summed E-state index contributed by atoms with van der Waals surface area (Å²) in [5, 5.41) is 3.09. The topological polar surface area (TPSA) is 42.1 Å². The smallest absolute Gasteiger partial charge is 0.106 e. The first-order chi connectivity index (χ1) is 6.80. The Morgan fingerprint density at radius 3 is 3.00 bits per heavy atom. The highest BCUT2D eigenvalue weighted by atomic mass is 32.1. The molecule has 1 aromatic heterocycles. The fourth-order valence-electron chi connectivity index (χ4n) is 1.23. The second kappa shape index (κ2) is 5.90. The molecule has 78 valence electrons. The Kier molecular flexibility index (Phi) is 4.79. The highest BCUT2D eigenvalue weighted by molar-refractivity contribution is 7.09. The summed E-state index contributed by atoms with van der Waals surface area (Å²) < 4.78 is 0. The van der Waals surface area contributed by atoms with Crippen LogP contribution >= 0.6 is 11.3 Å². The molecule has 0 aliphatic carbocycles. The molecule has 0 fully saturated rings. The average molecular weight is 211 g/mol. The monoisotopic (exact) mass is 211 g/mol. The van der Waals surface area contributed by atoms with Crippen molar-refractivity contribution in [3.63, 3.8) is 0 Å². The zero-order valence-corrected chi connectivity index (χ0v) is 9.39. The lowest BCUT2D eigenvalue weighted by Crippen LogP contribution is -2.22. The van der Waals surface area contributed by atoms with E-state index in [2.05, 4.69) is 28.8 Å². The van der Waals surface area contributed by atoms with Crippen LogP contribution in [0.1, 0.15) is 17.6 Å². The van der Waals surface area contributed by atoms with E-state index in [-0.39, 0.29) is 0 Å². The van der Waals surface area contributed by atoms with Crippen LogP contribution in [-0.4, -0.2) is 23.0 Å². The maximum atomic E-state index is 5.50. The van der Waals surface area contributed by atoms with Crippen LogP contribution < -0.4 is 5.73 Å². The van der Waals surface area contributed by atoms with E-state index in [0.717, 1.165) is 30.3 Å². The maximum Gasteiger partial charge on any atom is 0.106 e. The van der Waals surface area contributed by atoms with Gasteiger partial charge >= 0.3 is 0 Å². The van der Waals surface area contributed by atoms with Crippen molar-refractivity contribution >= 4 is 11.3 Å². The van der Waals surface area contributed by atoms with Gasteiger partial charge in [0.25, 0.3) is 0 Å². The molecule has 0 aliphatic heterocycles. The molecular weight excluding hydrogens is 194 g/mol. The van der Waals surface area contributed by atoms with Crippen molar-refractivity contribution in [2.45, 2.75) is 20.0 Å². The van der Waals surface area contributed by atoms with Crippen LogP contribution in [0.2, 0.25) is 0 Å². The fraction of sp³-hybridized carbons (Fsp3) is 0.500. The highest BCUT2D eigenvalue weighted by Crippen LogP contribution is 2.10. The van der Waals surface area contributed by atoms with Gasteiger partial charge in [0.15, 0.2) is 0 Å². The van der Waals surface area contributed by atoms with E-state index in [1.54, 1.807) is 11.3 Å². The van der Waals surface area contributed by atoms with Gasteiger partial charge in [-0.15, -0.1) is 17.9 Å². The minimum Gasteiger partial charge on any atom is -0.325 e. The van der Waals surface area contributed by atoms with E-state index >= 15 is 0 Å². The third kappa shape index (κ3) is 3.21. The lowest BCUT2D eigenvalue weighted by Gasteiger charge is -2.16. The molecule has 0 saturated carbocycles. The third-order valence-corrected chi connectivity index (χ3v) is 2.91. The molecule has 1 rings (SSSR count). The normalized spacial score (nSPS) is 10.8. The van der Waals surface area contributed by atoms with Gasteiger partial charge in [0.1, 0.15) is 5.01 Å². The Bertz CT molecular complexity index is 283. The summed E-state index contributed by atoms with van der Waals surface area (Å²) in [6.45, 7) is 9.22. The second-order valence-electron chi connectivity index (χ2n) is 3.05.